The maximum atomic E-state index is 4.41. The molecule has 4 heteroatoms. The molecule has 0 bridgehead atoms. The number of nitrogens with zero attached hydrogens (tertiary/aromatic N) is 3. The summed E-state index contributed by atoms with van der Waals surface area (Å²) in [5.74, 6) is 1.01. The molecule has 4 nitrogen and oxygen atoms in total. The molecule has 1 fully saturated rings. The van der Waals surface area contributed by atoms with Gasteiger partial charge in [-0.25, -0.2) is 4.98 Å². The number of anilines is 1. The monoisotopic (exact) mass is 222 g/mol. The van der Waals surface area contributed by atoms with Crippen LogP contribution in [0.3, 0.4) is 0 Å². The summed E-state index contributed by atoms with van der Waals surface area (Å²) < 4.78 is 2.15. The van der Waals surface area contributed by atoms with Crippen molar-refractivity contribution in [1.29, 1.82) is 0 Å². The van der Waals surface area contributed by atoms with Crippen molar-refractivity contribution >= 4 is 5.95 Å². The number of imidazole rings is 1. The first-order valence-corrected chi connectivity index (χ1v) is 5.95. The summed E-state index contributed by atoms with van der Waals surface area (Å²) in [7, 11) is 6.11. The van der Waals surface area contributed by atoms with Gasteiger partial charge in [-0.05, 0) is 26.2 Å². The average molecular weight is 222 g/mol. The predicted molar refractivity (Wildman–Crippen MR) is 66.6 cm³/mol. The minimum atomic E-state index is 0.364. The lowest BCUT2D eigenvalue weighted by molar-refractivity contribution is 0.205. The number of hydrogen-bond donors (Lipinski definition) is 1. The van der Waals surface area contributed by atoms with E-state index in [1.807, 2.05) is 25.2 Å². The standard InChI is InChI=1S/C12H22N4/c1-12(6-5-7-12)14-9-10-8-13-11(15(2)3)16(10)4/h8,14H,5-7,9H2,1-4H3. The topological polar surface area (TPSA) is 33.1 Å². The van der Waals surface area contributed by atoms with Crippen LogP contribution < -0.4 is 10.2 Å². The predicted octanol–water partition coefficient (Wildman–Crippen LogP) is 1.52. The third-order valence-electron chi connectivity index (χ3n) is 3.61. The van der Waals surface area contributed by atoms with Gasteiger partial charge in [0.05, 0.1) is 11.9 Å². The molecule has 90 valence electrons. The lowest BCUT2D eigenvalue weighted by atomic mass is 9.78. The highest BCUT2D eigenvalue weighted by atomic mass is 15.3. The Hall–Kier alpha value is -1.03. The van der Waals surface area contributed by atoms with Crippen LogP contribution in [0.4, 0.5) is 5.95 Å². The second-order valence-corrected chi connectivity index (χ2v) is 5.27. The highest BCUT2D eigenvalue weighted by Crippen LogP contribution is 2.31. The number of nitrogens with one attached hydrogen (secondary N) is 1. The van der Waals surface area contributed by atoms with E-state index in [9.17, 15) is 0 Å². The van der Waals surface area contributed by atoms with Gasteiger partial charge >= 0.3 is 0 Å². The van der Waals surface area contributed by atoms with Gasteiger partial charge in [0.1, 0.15) is 0 Å². The van der Waals surface area contributed by atoms with Crippen LogP contribution in [-0.2, 0) is 13.6 Å². The van der Waals surface area contributed by atoms with Crippen LogP contribution in [0.5, 0.6) is 0 Å². The molecular formula is C12H22N4. The Morgan fingerprint density at radius 3 is 2.62 bits per heavy atom. The van der Waals surface area contributed by atoms with Gasteiger partial charge in [-0.1, -0.05) is 0 Å². The summed E-state index contributed by atoms with van der Waals surface area (Å²) in [5.41, 5.74) is 1.61. The largest absolute Gasteiger partial charge is 0.348 e. The van der Waals surface area contributed by atoms with E-state index in [1.54, 1.807) is 0 Å². The van der Waals surface area contributed by atoms with Gasteiger partial charge in [0, 0.05) is 33.2 Å². The van der Waals surface area contributed by atoms with Crippen LogP contribution in [0.15, 0.2) is 6.20 Å². The Balaban J connectivity index is 1.99. The van der Waals surface area contributed by atoms with E-state index >= 15 is 0 Å². The van der Waals surface area contributed by atoms with Crippen molar-refractivity contribution in [3.63, 3.8) is 0 Å². The average Bonchev–Trinajstić information content (AvgIpc) is 2.54. The quantitative estimate of drug-likeness (QED) is 0.838. The van der Waals surface area contributed by atoms with Crippen molar-refractivity contribution in [1.82, 2.24) is 14.9 Å². The van der Waals surface area contributed by atoms with Gasteiger partial charge in [-0.3, -0.25) is 0 Å². The van der Waals surface area contributed by atoms with Gasteiger partial charge in [0.25, 0.3) is 0 Å². The Labute approximate surface area is 97.7 Å². The second kappa shape index (κ2) is 4.09. The normalized spacial score (nSPS) is 18.2. The van der Waals surface area contributed by atoms with E-state index in [-0.39, 0.29) is 0 Å². The number of aromatic nitrogens is 2. The highest BCUT2D eigenvalue weighted by molar-refractivity contribution is 5.30. The number of hydrogen-bond acceptors (Lipinski definition) is 3. The van der Waals surface area contributed by atoms with Crippen LogP contribution in [0.1, 0.15) is 31.9 Å². The van der Waals surface area contributed by atoms with Crippen LogP contribution in [0, 0.1) is 0 Å². The smallest absolute Gasteiger partial charge is 0.204 e. The van der Waals surface area contributed by atoms with Gasteiger partial charge in [-0.15, -0.1) is 0 Å². The van der Waals surface area contributed by atoms with Gasteiger partial charge in [0.15, 0.2) is 0 Å². The van der Waals surface area contributed by atoms with Crippen molar-refractivity contribution in [2.45, 2.75) is 38.3 Å². The van der Waals surface area contributed by atoms with Crippen LogP contribution in [-0.4, -0.2) is 29.2 Å². The molecule has 16 heavy (non-hydrogen) atoms. The van der Waals surface area contributed by atoms with Crippen LogP contribution in [0.2, 0.25) is 0 Å². The minimum Gasteiger partial charge on any atom is -0.348 e. The fourth-order valence-electron chi connectivity index (χ4n) is 2.20. The summed E-state index contributed by atoms with van der Waals surface area (Å²) in [6, 6.07) is 0. The Morgan fingerprint density at radius 1 is 1.50 bits per heavy atom. The first-order chi connectivity index (χ1) is 7.52. The lowest BCUT2D eigenvalue weighted by Gasteiger charge is -2.39. The molecule has 0 aliphatic heterocycles. The summed E-state index contributed by atoms with van der Waals surface area (Å²) in [5, 5.41) is 3.63. The maximum absolute atomic E-state index is 4.41. The Morgan fingerprint density at radius 2 is 2.19 bits per heavy atom. The number of rotatable bonds is 4. The van der Waals surface area contributed by atoms with Crippen molar-refractivity contribution in [3.05, 3.63) is 11.9 Å². The summed E-state index contributed by atoms with van der Waals surface area (Å²) in [6.45, 7) is 3.22. The molecule has 1 aromatic heterocycles. The zero-order valence-electron chi connectivity index (χ0n) is 10.7. The molecule has 0 atom stereocenters. The fraction of sp³-hybridized carbons (Fsp3) is 0.750. The molecule has 2 rings (SSSR count). The van der Waals surface area contributed by atoms with Crippen molar-refractivity contribution < 1.29 is 0 Å². The van der Waals surface area contributed by atoms with E-state index in [4.69, 9.17) is 0 Å². The second-order valence-electron chi connectivity index (χ2n) is 5.27. The molecule has 1 saturated carbocycles. The van der Waals surface area contributed by atoms with E-state index in [1.165, 1.54) is 25.0 Å². The SMILES string of the molecule is CN(C)c1ncc(CNC2(C)CCC2)n1C. The molecule has 1 N–H and O–H groups in total. The lowest BCUT2D eigenvalue weighted by Crippen LogP contribution is -2.47. The maximum Gasteiger partial charge on any atom is 0.204 e. The molecular weight excluding hydrogens is 200 g/mol. The molecule has 0 unspecified atom stereocenters. The molecule has 1 aliphatic carbocycles. The van der Waals surface area contributed by atoms with E-state index in [0.29, 0.717) is 5.54 Å². The van der Waals surface area contributed by atoms with Crippen LogP contribution >= 0.6 is 0 Å². The Kier molecular flexibility index (Phi) is 2.93. The van der Waals surface area contributed by atoms with Gasteiger partial charge in [0.2, 0.25) is 5.95 Å². The summed E-state index contributed by atoms with van der Waals surface area (Å²) >= 11 is 0. The zero-order chi connectivity index (χ0) is 11.8. The molecule has 0 spiro atoms. The van der Waals surface area contributed by atoms with Crippen molar-refractivity contribution in [3.8, 4) is 0 Å². The van der Waals surface area contributed by atoms with Gasteiger partial charge in [-0.2, -0.15) is 0 Å². The van der Waals surface area contributed by atoms with Gasteiger partial charge < -0.3 is 14.8 Å². The molecule has 0 radical (unpaired) electrons. The van der Waals surface area contributed by atoms with E-state index in [2.05, 4.69) is 28.8 Å². The summed E-state index contributed by atoms with van der Waals surface area (Å²) in [6.07, 6.45) is 5.92. The first-order valence-electron chi connectivity index (χ1n) is 5.95. The highest BCUT2D eigenvalue weighted by Gasteiger charge is 2.31. The van der Waals surface area contributed by atoms with E-state index < -0.39 is 0 Å². The van der Waals surface area contributed by atoms with Crippen molar-refractivity contribution in [2.24, 2.45) is 7.05 Å². The molecule has 0 saturated heterocycles. The third-order valence-corrected chi connectivity index (χ3v) is 3.61. The zero-order valence-corrected chi connectivity index (χ0v) is 10.7. The third kappa shape index (κ3) is 2.07. The molecule has 1 aliphatic rings. The molecule has 1 heterocycles. The minimum absolute atomic E-state index is 0.364. The van der Waals surface area contributed by atoms with Crippen molar-refractivity contribution in [2.75, 3.05) is 19.0 Å². The molecule has 1 aromatic rings. The Bertz CT molecular complexity index is 363. The van der Waals surface area contributed by atoms with E-state index in [0.717, 1.165) is 12.5 Å². The van der Waals surface area contributed by atoms with Crippen LogP contribution in [0.25, 0.3) is 0 Å². The molecule has 0 amide bonds. The fourth-order valence-corrected chi connectivity index (χ4v) is 2.20. The summed E-state index contributed by atoms with van der Waals surface area (Å²) in [4.78, 5) is 6.44. The molecule has 0 aromatic carbocycles. The first kappa shape index (κ1) is 11.5.